The third-order valence-corrected chi connectivity index (χ3v) is 3.69. The summed E-state index contributed by atoms with van der Waals surface area (Å²) in [6.45, 7) is 1.72. The van der Waals surface area contributed by atoms with Crippen molar-refractivity contribution in [3.8, 4) is 0 Å². The second-order valence-electron chi connectivity index (χ2n) is 4.72. The largest absolute Gasteiger partial charge is 0.301 e. The number of rotatable bonds is 7. The van der Waals surface area contributed by atoms with Crippen molar-refractivity contribution >= 4 is 40.2 Å². The number of nitrogens with one attached hydrogen (secondary N) is 2. The maximum Gasteiger partial charge on any atom is 0.269 e. The van der Waals surface area contributed by atoms with Gasteiger partial charge in [0.25, 0.3) is 5.69 Å². The molecular formula is C14H14N6O4S. The maximum atomic E-state index is 11.8. The number of carbonyl (C=O) groups excluding carboxylic acids is 2. The van der Waals surface area contributed by atoms with E-state index in [-0.39, 0.29) is 18.0 Å². The van der Waals surface area contributed by atoms with Gasteiger partial charge in [-0.1, -0.05) is 18.3 Å². The van der Waals surface area contributed by atoms with Crippen LogP contribution in [0.5, 0.6) is 0 Å². The highest BCUT2D eigenvalue weighted by atomic mass is 32.1. The van der Waals surface area contributed by atoms with Crippen molar-refractivity contribution in [3.05, 3.63) is 45.0 Å². The number of aromatic nitrogens is 2. The molecule has 0 aliphatic heterocycles. The number of non-ortho nitro benzene ring substituents is 1. The van der Waals surface area contributed by atoms with Crippen LogP contribution >= 0.6 is 11.3 Å². The van der Waals surface area contributed by atoms with Gasteiger partial charge in [0.15, 0.2) is 0 Å². The van der Waals surface area contributed by atoms with Gasteiger partial charge in [-0.3, -0.25) is 19.7 Å². The summed E-state index contributed by atoms with van der Waals surface area (Å²) in [7, 11) is 0. The summed E-state index contributed by atoms with van der Waals surface area (Å²) in [5, 5.41) is 25.2. The minimum atomic E-state index is -0.498. The molecule has 1 heterocycles. The topological polar surface area (TPSA) is 139 Å². The Labute approximate surface area is 146 Å². The molecule has 2 amide bonds. The zero-order chi connectivity index (χ0) is 18.2. The average Bonchev–Trinajstić information content (AvgIpc) is 3.01. The fourth-order valence-corrected chi connectivity index (χ4v) is 2.38. The number of hydrazone groups is 1. The number of benzene rings is 1. The fourth-order valence-electron chi connectivity index (χ4n) is 1.62. The van der Waals surface area contributed by atoms with Gasteiger partial charge in [-0.2, -0.15) is 5.10 Å². The fraction of sp³-hybridized carbons (Fsp3) is 0.214. The lowest BCUT2D eigenvalue weighted by Crippen LogP contribution is -2.19. The third-order valence-electron chi connectivity index (χ3n) is 2.85. The van der Waals surface area contributed by atoms with Crippen molar-refractivity contribution in [2.45, 2.75) is 19.8 Å². The highest BCUT2D eigenvalue weighted by molar-refractivity contribution is 7.15. The van der Waals surface area contributed by atoms with Crippen LogP contribution in [-0.4, -0.2) is 33.1 Å². The molecule has 0 saturated carbocycles. The number of carbonyl (C=O) groups is 2. The monoisotopic (exact) mass is 362 g/mol. The molecule has 2 rings (SSSR count). The van der Waals surface area contributed by atoms with Crippen LogP contribution in [0.1, 0.15) is 23.9 Å². The van der Waals surface area contributed by atoms with Crippen LogP contribution in [0.2, 0.25) is 0 Å². The van der Waals surface area contributed by atoms with E-state index in [1.807, 2.05) is 0 Å². The third kappa shape index (κ3) is 5.73. The summed E-state index contributed by atoms with van der Waals surface area (Å²) in [5.41, 5.74) is 2.90. The first-order chi connectivity index (χ1) is 12.0. The molecule has 0 radical (unpaired) electrons. The predicted octanol–water partition coefficient (Wildman–Crippen LogP) is 1.49. The number of amides is 2. The first-order valence-corrected chi connectivity index (χ1v) is 7.98. The predicted molar refractivity (Wildman–Crippen MR) is 91.4 cm³/mol. The second kappa shape index (κ2) is 8.59. The molecule has 0 saturated heterocycles. The molecule has 0 spiro atoms. The first kappa shape index (κ1) is 18.1. The summed E-state index contributed by atoms with van der Waals surface area (Å²) in [6, 6.07) is 5.72. The Balaban J connectivity index is 1.84. The Kier molecular flexibility index (Phi) is 6.23. The van der Waals surface area contributed by atoms with E-state index in [1.54, 1.807) is 6.92 Å². The second-order valence-corrected chi connectivity index (χ2v) is 5.78. The van der Waals surface area contributed by atoms with Crippen LogP contribution in [0, 0.1) is 10.1 Å². The van der Waals surface area contributed by atoms with E-state index in [2.05, 4.69) is 26.0 Å². The molecule has 0 aliphatic carbocycles. The van der Waals surface area contributed by atoms with Gasteiger partial charge in [-0.05, 0) is 17.7 Å². The summed E-state index contributed by atoms with van der Waals surface area (Å²) >= 11 is 1.11. The molecule has 1 aromatic carbocycles. The minimum absolute atomic E-state index is 0.0246. The smallest absolute Gasteiger partial charge is 0.269 e. The standard InChI is InChI=1S/C14H14N6O4S/c1-2-11(21)16-14-19-18-13(25-14)7-12(22)17-15-8-9-3-5-10(6-4-9)20(23)24/h3-6,8H,2,7H2,1H3,(H,17,22)(H,16,19,21)/b15-8+. The lowest BCUT2D eigenvalue weighted by molar-refractivity contribution is -0.384. The lowest BCUT2D eigenvalue weighted by Gasteiger charge is -1.97. The number of nitro benzene ring substituents is 1. The van der Waals surface area contributed by atoms with Crippen LogP contribution in [0.3, 0.4) is 0 Å². The minimum Gasteiger partial charge on any atom is -0.301 e. The van der Waals surface area contributed by atoms with Crippen LogP contribution in [0.4, 0.5) is 10.8 Å². The highest BCUT2D eigenvalue weighted by Gasteiger charge is 2.10. The molecule has 0 atom stereocenters. The van der Waals surface area contributed by atoms with Crippen molar-refractivity contribution in [3.63, 3.8) is 0 Å². The molecule has 2 N–H and O–H groups in total. The lowest BCUT2D eigenvalue weighted by atomic mass is 10.2. The zero-order valence-electron chi connectivity index (χ0n) is 13.1. The number of hydrogen-bond acceptors (Lipinski definition) is 8. The normalized spacial score (nSPS) is 10.6. The van der Waals surface area contributed by atoms with Crippen LogP contribution in [0.15, 0.2) is 29.4 Å². The van der Waals surface area contributed by atoms with Gasteiger partial charge < -0.3 is 5.32 Å². The molecule has 10 nitrogen and oxygen atoms in total. The molecule has 11 heteroatoms. The van der Waals surface area contributed by atoms with Crippen LogP contribution in [-0.2, 0) is 16.0 Å². The van der Waals surface area contributed by atoms with E-state index in [4.69, 9.17) is 0 Å². The van der Waals surface area contributed by atoms with Crippen molar-refractivity contribution < 1.29 is 14.5 Å². The summed E-state index contributed by atoms with van der Waals surface area (Å²) in [5.74, 6) is -0.581. The van der Waals surface area contributed by atoms with E-state index < -0.39 is 10.8 Å². The summed E-state index contributed by atoms with van der Waals surface area (Å²) in [6.07, 6.45) is 1.67. The Bertz CT molecular complexity index is 802. The zero-order valence-corrected chi connectivity index (χ0v) is 13.9. The van der Waals surface area contributed by atoms with Gasteiger partial charge in [0, 0.05) is 18.6 Å². The molecule has 1 aromatic heterocycles. The number of nitrogens with zero attached hydrogens (tertiary/aromatic N) is 4. The Morgan fingerprint density at radius 2 is 2.00 bits per heavy atom. The van der Waals surface area contributed by atoms with Gasteiger partial charge in [0.05, 0.1) is 17.6 Å². The highest BCUT2D eigenvalue weighted by Crippen LogP contribution is 2.15. The first-order valence-electron chi connectivity index (χ1n) is 7.16. The van der Waals surface area contributed by atoms with Crippen molar-refractivity contribution in [2.75, 3.05) is 5.32 Å². The van der Waals surface area contributed by atoms with Gasteiger partial charge >= 0.3 is 0 Å². The molecule has 0 bridgehead atoms. The van der Waals surface area contributed by atoms with Crippen LogP contribution < -0.4 is 10.7 Å². The van der Waals surface area contributed by atoms with E-state index >= 15 is 0 Å². The Morgan fingerprint density at radius 3 is 2.64 bits per heavy atom. The van der Waals surface area contributed by atoms with Gasteiger partial charge in [0.2, 0.25) is 16.9 Å². The van der Waals surface area contributed by atoms with Crippen LogP contribution in [0.25, 0.3) is 0 Å². The molecule has 0 aliphatic rings. The summed E-state index contributed by atoms with van der Waals surface area (Å²) < 4.78 is 0. The molecule has 25 heavy (non-hydrogen) atoms. The molecule has 2 aromatic rings. The molecule has 0 unspecified atom stereocenters. The molecular weight excluding hydrogens is 348 g/mol. The van der Waals surface area contributed by atoms with E-state index in [1.165, 1.54) is 30.5 Å². The SMILES string of the molecule is CCC(=O)Nc1nnc(CC(=O)N/N=C/c2ccc([N+](=O)[O-])cc2)s1. The molecule has 0 fully saturated rings. The van der Waals surface area contributed by atoms with E-state index in [0.717, 1.165) is 11.3 Å². The van der Waals surface area contributed by atoms with E-state index in [0.29, 0.717) is 22.1 Å². The number of hydrogen-bond donors (Lipinski definition) is 2. The molecule has 130 valence electrons. The number of nitro groups is 1. The quantitative estimate of drug-likeness (QED) is 0.434. The Morgan fingerprint density at radius 1 is 1.28 bits per heavy atom. The van der Waals surface area contributed by atoms with Gasteiger partial charge in [-0.25, -0.2) is 5.43 Å². The Hall–Kier alpha value is -3.21. The van der Waals surface area contributed by atoms with Gasteiger partial charge in [-0.15, -0.1) is 10.2 Å². The average molecular weight is 362 g/mol. The van der Waals surface area contributed by atoms with Crippen molar-refractivity contribution in [1.82, 2.24) is 15.6 Å². The summed E-state index contributed by atoms with van der Waals surface area (Å²) in [4.78, 5) is 33.1. The maximum absolute atomic E-state index is 11.8. The van der Waals surface area contributed by atoms with Crippen molar-refractivity contribution in [2.24, 2.45) is 5.10 Å². The van der Waals surface area contributed by atoms with Gasteiger partial charge in [0.1, 0.15) is 5.01 Å². The van der Waals surface area contributed by atoms with Crippen molar-refractivity contribution in [1.29, 1.82) is 0 Å². The van der Waals surface area contributed by atoms with E-state index in [9.17, 15) is 19.7 Å². The number of anilines is 1.